The van der Waals surface area contributed by atoms with E-state index in [4.69, 9.17) is 0 Å². The van der Waals surface area contributed by atoms with Crippen LogP contribution in [0.1, 0.15) is 77.6 Å². The maximum atomic E-state index is 3.95. The largest absolute Gasteiger partial charge is 0.314 e. The summed E-state index contributed by atoms with van der Waals surface area (Å²) in [4.78, 5) is 0. The Hall–Kier alpha value is -0.0400. The van der Waals surface area contributed by atoms with Gasteiger partial charge < -0.3 is 5.32 Å². The molecule has 5 aliphatic carbocycles. The van der Waals surface area contributed by atoms with E-state index >= 15 is 0 Å². The molecular weight excluding hydrogens is 242 g/mol. The van der Waals surface area contributed by atoms with Gasteiger partial charge >= 0.3 is 0 Å². The highest BCUT2D eigenvalue weighted by Crippen LogP contribution is 2.62. The molecule has 0 amide bonds. The summed E-state index contributed by atoms with van der Waals surface area (Å²) in [6.07, 6.45) is 16.9. The van der Waals surface area contributed by atoms with Crippen molar-refractivity contribution in [3.63, 3.8) is 0 Å². The van der Waals surface area contributed by atoms with E-state index in [-0.39, 0.29) is 0 Å². The first-order chi connectivity index (χ1) is 9.76. The van der Waals surface area contributed by atoms with E-state index in [9.17, 15) is 0 Å². The van der Waals surface area contributed by atoms with Crippen molar-refractivity contribution in [2.45, 2.75) is 83.6 Å². The predicted molar refractivity (Wildman–Crippen MR) is 84.6 cm³/mol. The number of rotatable bonds is 6. The molecule has 0 aromatic carbocycles. The molecule has 5 saturated carbocycles. The zero-order valence-electron chi connectivity index (χ0n) is 13.4. The summed E-state index contributed by atoms with van der Waals surface area (Å²) in [6, 6.07) is 0.861. The third kappa shape index (κ3) is 2.45. The summed E-state index contributed by atoms with van der Waals surface area (Å²) in [5.74, 6) is 4.38. The molecule has 4 bridgehead atoms. The van der Waals surface area contributed by atoms with Gasteiger partial charge in [-0.1, -0.05) is 13.3 Å². The molecule has 1 nitrogen and oxygen atoms in total. The summed E-state index contributed by atoms with van der Waals surface area (Å²) in [6.45, 7) is 3.56. The van der Waals surface area contributed by atoms with Crippen LogP contribution in [0.2, 0.25) is 0 Å². The zero-order chi connectivity index (χ0) is 13.6. The Kier molecular flexibility index (Phi) is 3.61. The lowest BCUT2D eigenvalue weighted by Gasteiger charge is -2.58. The molecule has 5 rings (SSSR count). The quantitative estimate of drug-likeness (QED) is 0.737. The summed E-state index contributed by atoms with van der Waals surface area (Å²) in [5, 5.41) is 3.95. The van der Waals surface area contributed by atoms with Crippen molar-refractivity contribution >= 4 is 0 Å². The minimum absolute atomic E-state index is 0.774. The van der Waals surface area contributed by atoms with Crippen LogP contribution in [0.25, 0.3) is 0 Å². The van der Waals surface area contributed by atoms with Crippen LogP contribution in [-0.2, 0) is 0 Å². The minimum atomic E-state index is 0.774. The van der Waals surface area contributed by atoms with Gasteiger partial charge in [-0.2, -0.15) is 0 Å². The molecule has 1 atom stereocenters. The molecule has 0 aromatic rings. The maximum Gasteiger partial charge on any atom is 0.0101 e. The van der Waals surface area contributed by atoms with Crippen LogP contribution < -0.4 is 5.32 Å². The molecule has 0 aromatic heterocycles. The Balaban J connectivity index is 1.45. The fraction of sp³-hybridized carbons (Fsp3) is 1.00. The molecule has 5 fully saturated rings. The molecule has 1 unspecified atom stereocenters. The third-order valence-corrected chi connectivity index (χ3v) is 7.19. The highest BCUT2D eigenvalue weighted by atomic mass is 14.9. The Bertz CT molecular complexity index is 308. The molecule has 0 aliphatic heterocycles. The van der Waals surface area contributed by atoms with Crippen molar-refractivity contribution in [2.24, 2.45) is 29.1 Å². The normalized spacial score (nSPS) is 44.5. The van der Waals surface area contributed by atoms with Crippen LogP contribution in [0.5, 0.6) is 0 Å². The van der Waals surface area contributed by atoms with E-state index in [1.54, 1.807) is 38.5 Å². The van der Waals surface area contributed by atoms with Gasteiger partial charge in [0.15, 0.2) is 0 Å². The van der Waals surface area contributed by atoms with Gasteiger partial charge in [-0.3, -0.25) is 0 Å². The molecular formula is C19H33N. The smallest absolute Gasteiger partial charge is 0.0101 e. The van der Waals surface area contributed by atoms with Crippen molar-refractivity contribution in [1.82, 2.24) is 5.32 Å². The lowest BCUT2D eigenvalue weighted by molar-refractivity contribution is -0.0670. The molecule has 1 N–H and O–H groups in total. The third-order valence-electron chi connectivity index (χ3n) is 7.19. The van der Waals surface area contributed by atoms with Crippen LogP contribution in [0.4, 0.5) is 0 Å². The molecule has 0 heterocycles. The SMILES string of the molecule is CCCNC(CC12CC3CC(CC(C3)C1)C2)C1CCC1. The number of hydrogen-bond donors (Lipinski definition) is 1. The molecule has 5 aliphatic rings. The van der Waals surface area contributed by atoms with E-state index in [0.29, 0.717) is 0 Å². The summed E-state index contributed by atoms with van der Waals surface area (Å²) in [5.41, 5.74) is 0.774. The fourth-order valence-electron chi connectivity index (χ4n) is 6.58. The average molecular weight is 275 g/mol. The van der Waals surface area contributed by atoms with Crippen molar-refractivity contribution in [3.05, 3.63) is 0 Å². The van der Waals surface area contributed by atoms with E-state index in [0.717, 1.165) is 35.1 Å². The standard InChI is InChI=1S/C19H33N/c1-2-6-20-18(17-4-3-5-17)13-19-10-14-7-15(11-19)9-16(8-14)12-19/h14-18,20H,2-13H2,1H3. The van der Waals surface area contributed by atoms with Gasteiger partial charge in [0.1, 0.15) is 0 Å². The van der Waals surface area contributed by atoms with E-state index in [1.807, 2.05) is 0 Å². The van der Waals surface area contributed by atoms with Crippen LogP contribution in [-0.4, -0.2) is 12.6 Å². The molecule has 0 saturated heterocycles. The summed E-state index contributed by atoms with van der Waals surface area (Å²) >= 11 is 0. The second-order valence-corrected chi connectivity index (χ2v) is 8.87. The van der Waals surface area contributed by atoms with Gasteiger partial charge in [0.2, 0.25) is 0 Å². The Labute approximate surface area is 125 Å². The molecule has 0 radical (unpaired) electrons. The summed E-state index contributed by atoms with van der Waals surface area (Å²) < 4.78 is 0. The first-order valence-electron chi connectivity index (χ1n) is 9.50. The predicted octanol–water partition coefficient (Wildman–Crippen LogP) is 4.76. The van der Waals surface area contributed by atoms with Crippen molar-refractivity contribution in [1.29, 1.82) is 0 Å². The topological polar surface area (TPSA) is 12.0 Å². The number of nitrogens with one attached hydrogen (secondary N) is 1. The number of hydrogen-bond acceptors (Lipinski definition) is 1. The monoisotopic (exact) mass is 275 g/mol. The lowest BCUT2D eigenvalue weighted by Crippen LogP contribution is -2.51. The van der Waals surface area contributed by atoms with Crippen molar-refractivity contribution < 1.29 is 0 Å². The van der Waals surface area contributed by atoms with Gasteiger partial charge in [0.25, 0.3) is 0 Å². The first kappa shape index (κ1) is 13.6. The fourth-order valence-corrected chi connectivity index (χ4v) is 6.58. The highest BCUT2D eigenvalue weighted by Gasteiger charge is 2.51. The molecule has 20 heavy (non-hydrogen) atoms. The maximum absolute atomic E-state index is 3.95. The van der Waals surface area contributed by atoms with E-state index in [1.165, 1.54) is 38.6 Å². The highest BCUT2D eigenvalue weighted by molar-refractivity contribution is 5.03. The summed E-state index contributed by atoms with van der Waals surface area (Å²) in [7, 11) is 0. The van der Waals surface area contributed by atoms with Gasteiger partial charge in [-0.05, 0) is 99.8 Å². The lowest BCUT2D eigenvalue weighted by atomic mass is 9.48. The molecule has 1 heteroatoms. The molecule has 114 valence electrons. The van der Waals surface area contributed by atoms with E-state index < -0.39 is 0 Å². The van der Waals surface area contributed by atoms with Crippen LogP contribution in [0.15, 0.2) is 0 Å². The van der Waals surface area contributed by atoms with Crippen LogP contribution in [0, 0.1) is 29.1 Å². The van der Waals surface area contributed by atoms with Crippen LogP contribution in [0.3, 0.4) is 0 Å². The minimum Gasteiger partial charge on any atom is -0.314 e. The Morgan fingerprint density at radius 3 is 2.05 bits per heavy atom. The van der Waals surface area contributed by atoms with Gasteiger partial charge in [-0.15, -0.1) is 0 Å². The second kappa shape index (κ2) is 5.30. The van der Waals surface area contributed by atoms with Crippen LogP contribution >= 0.6 is 0 Å². The Morgan fingerprint density at radius 2 is 1.60 bits per heavy atom. The second-order valence-electron chi connectivity index (χ2n) is 8.87. The zero-order valence-corrected chi connectivity index (χ0v) is 13.4. The van der Waals surface area contributed by atoms with Gasteiger partial charge in [-0.25, -0.2) is 0 Å². The molecule has 0 spiro atoms. The van der Waals surface area contributed by atoms with Gasteiger partial charge in [0.05, 0.1) is 0 Å². The first-order valence-corrected chi connectivity index (χ1v) is 9.50. The average Bonchev–Trinajstić information content (AvgIpc) is 2.31. The van der Waals surface area contributed by atoms with E-state index in [2.05, 4.69) is 12.2 Å². The van der Waals surface area contributed by atoms with Crippen molar-refractivity contribution in [3.8, 4) is 0 Å². The Morgan fingerprint density at radius 1 is 1.00 bits per heavy atom. The van der Waals surface area contributed by atoms with Crippen molar-refractivity contribution in [2.75, 3.05) is 6.54 Å². The van der Waals surface area contributed by atoms with Gasteiger partial charge in [0, 0.05) is 6.04 Å².